The SMILES string of the molecule is CN(Cc1ccc(F)cc1)C(=O)CSc1cccc[n+]1[O-]. The van der Waals surface area contributed by atoms with Gasteiger partial charge >= 0.3 is 0 Å². The van der Waals surface area contributed by atoms with E-state index in [4.69, 9.17) is 0 Å². The Labute approximate surface area is 126 Å². The summed E-state index contributed by atoms with van der Waals surface area (Å²) in [6.45, 7) is 0.409. The molecule has 1 aromatic heterocycles. The predicted molar refractivity (Wildman–Crippen MR) is 79.0 cm³/mol. The molecule has 0 saturated heterocycles. The summed E-state index contributed by atoms with van der Waals surface area (Å²) in [6.07, 6.45) is 1.40. The normalized spacial score (nSPS) is 10.4. The Balaban J connectivity index is 1.88. The molecule has 4 nitrogen and oxygen atoms in total. The number of amides is 1. The van der Waals surface area contributed by atoms with Crippen molar-refractivity contribution in [1.29, 1.82) is 0 Å². The fourth-order valence-electron chi connectivity index (χ4n) is 1.72. The van der Waals surface area contributed by atoms with Crippen LogP contribution in [0, 0.1) is 11.0 Å². The highest BCUT2D eigenvalue weighted by atomic mass is 32.2. The minimum atomic E-state index is -0.299. The summed E-state index contributed by atoms with van der Waals surface area (Å²) in [5, 5.41) is 11.9. The van der Waals surface area contributed by atoms with Gasteiger partial charge in [-0.25, -0.2) is 4.39 Å². The van der Waals surface area contributed by atoms with E-state index < -0.39 is 0 Å². The minimum absolute atomic E-state index is 0.0896. The van der Waals surface area contributed by atoms with Crippen molar-refractivity contribution >= 4 is 17.7 Å². The summed E-state index contributed by atoms with van der Waals surface area (Å²) in [5.41, 5.74) is 0.857. The molecule has 0 radical (unpaired) electrons. The third-order valence-corrected chi connectivity index (χ3v) is 3.89. The van der Waals surface area contributed by atoms with Gasteiger partial charge in [-0.15, -0.1) is 0 Å². The smallest absolute Gasteiger partial charge is 0.251 e. The highest BCUT2D eigenvalue weighted by molar-refractivity contribution is 7.99. The lowest BCUT2D eigenvalue weighted by Gasteiger charge is -2.16. The molecule has 1 aromatic carbocycles. The third-order valence-electron chi connectivity index (χ3n) is 2.89. The van der Waals surface area contributed by atoms with Crippen molar-refractivity contribution in [3.8, 4) is 0 Å². The van der Waals surface area contributed by atoms with E-state index in [1.54, 1.807) is 42.3 Å². The standard InChI is InChI=1S/C15H15FN2O2S/c1-17(10-12-5-7-13(16)8-6-12)14(19)11-21-15-4-2-3-9-18(15)20/h2-9H,10-11H2,1H3. The molecule has 0 saturated carbocycles. The van der Waals surface area contributed by atoms with Crippen molar-refractivity contribution < 1.29 is 13.9 Å². The number of pyridine rings is 1. The van der Waals surface area contributed by atoms with Gasteiger partial charge < -0.3 is 10.1 Å². The third kappa shape index (κ3) is 4.46. The van der Waals surface area contributed by atoms with Gasteiger partial charge in [0.05, 0.1) is 5.75 Å². The van der Waals surface area contributed by atoms with Crippen LogP contribution in [0.3, 0.4) is 0 Å². The molecule has 0 atom stereocenters. The number of aromatic nitrogens is 1. The molecule has 0 bridgehead atoms. The Morgan fingerprint density at radius 2 is 2.00 bits per heavy atom. The van der Waals surface area contributed by atoms with Crippen molar-refractivity contribution in [1.82, 2.24) is 4.90 Å². The van der Waals surface area contributed by atoms with Gasteiger partial charge in [-0.3, -0.25) is 4.79 Å². The second-order valence-electron chi connectivity index (χ2n) is 4.53. The molecule has 110 valence electrons. The van der Waals surface area contributed by atoms with Crippen molar-refractivity contribution in [2.24, 2.45) is 0 Å². The first-order valence-electron chi connectivity index (χ1n) is 6.35. The van der Waals surface area contributed by atoms with Crippen LogP contribution >= 0.6 is 11.8 Å². The van der Waals surface area contributed by atoms with Crippen molar-refractivity contribution in [2.75, 3.05) is 12.8 Å². The van der Waals surface area contributed by atoms with E-state index in [0.717, 1.165) is 10.3 Å². The van der Waals surface area contributed by atoms with Crippen LogP contribution in [0.2, 0.25) is 0 Å². The summed E-state index contributed by atoms with van der Waals surface area (Å²) in [7, 11) is 1.68. The minimum Gasteiger partial charge on any atom is -0.618 e. The van der Waals surface area contributed by atoms with Crippen LogP contribution in [0.4, 0.5) is 4.39 Å². The van der Waals surface area contributed by atoms with Crippen molar-refractivity contribution in [2.45, 2.75) is 11.6 Å². The number of carbonyl (C=O) groups excluding carboxylic acids is 1. The number of halogens is 1. The van der Waals surface area contributed by atoms with Crippen LogP contribution in [-0.4, -0.2) is 23.6 Å². The van der Waals surface area contributed by atoms with Crippen molar-refractivity contribution in [3.63, 3.8) is 0 Å². The molecule has 1 amide bonds. The lowest BCUT2D eigenvalue weighted by Crippen LogP contribution is -2.31. The fraction of sp³-hybridized carbons (Fsp3) is 0.200. The first kappa shape index (κ1) is 15.3. The molecular formula is C15H15FN2O2S. The Hall–Kier alpha value is -2.08. The average molecular weight is 306 g/mol. The van der Waals surface area contributed by atoms with E-state index in [9.17, 15) is 14.4 Å². The second-order valence-corrected chi connectivity index (χ2v) is 5.53. The number of hydrogen-bond acceptors (Lipinski definition) is 3. The zero-order valence-corrected chi connectivity index (χ0v) is 12.3. The van der Waals surface area contributed by atoms with Crippen LogP contribution < -0.4 is 4.73 Å². The van der Waals surface area contributed by atoms with Gasteiger partial charge in [0.2, 0.25) is 5.91 Å². The van der Waals surface area contributed by atoms with Crippen molar-refractivity contribution in [3.05, 3.63) is 65.2 Å². The van der Waals surface area contributed by atoms with E-state index in [1.165, 1.54) is 30.1 Å². The maximum Gasteiger partial charge on any atom is 0.251 e. The summed E-state index contributed by atoms with van der Waals surface area (Å²) < 4.78 is 13.5. The quantitative estimate of drug-likeness (QED) is 0.483. The van der Waals surface area contributed by atoms with Gasteiger partial charge in [-0.2, -0.15) is 4.73 Å². The Morgan fingerprint density at radius 1 is 1.29 bits per heavy atom. The molecule has 2 aromatic rings. The average Bonchev–Trinajstić information content (AvgIpc) is 2.48. The summed E-state index contributed by atoms with van der Waals surface area (Å²) in [6, 6.07) is 11.1. The fourth-order valence-corrected chi connectivity index (χ4v) is 2.58. The maximum atomic E-state index is 12.8. The van der Waals surface area contributed by atoms with E-state index in [-0.39, 0.29) is 17.5 Å². The van der Waals surface area contributed by atoms with Gasteiger partial charge in [-0.1, -0.05) is 12.1 Å². The van der Waals surface area contributed by atoms with Gasteiger partial charge in [0, 0.05) is 25.7 Å². The first-order valence-corrected chi connectivity index (χ1v) is 7.34. The van der Waals surface area contributed by atoms with Crippen LogP contribution in [0.5, 0.6) is 0 Å². The lowest BCUT2D eigenvalue weighted by molar-refractivity contribution is -0.645. The highest BCUT2D eigenvalue weighted by Crippen LogP contribution is 2.14. The molecule has 0 aliphatic rings. The molecule has 1 heterocycles. The monoisotopic (exact) mass is 306 g/mol. The Morgan fingerprint density at radius 3 is 2.67 bits per heavy atom. The number of benzene rings is 1. The lowest BCUT2D eigenvalue weighted by atomic mass is 10.2. The molecule has 0 spiro atoms. The number of hydrogen-bond donors (Lipinski definition) is 0. The molecule has 0 aliphatic carbocycles. The Bertz CT molecular complexity index is 619. The topological polar surface area (TPSA) is 47.2 Å². The van der Waals surface area contributed by atoms with Crippen LogP contribution in [0.15, 0.2) is 53.7 Å². The van der Waals surface area contributed by atoms with E-state index >= 15 is 0 Å². The van der Waals surface area contributed by atoms with Crippen LogP contribution in [-0.2, 0) is 11.3 Å². The largest absolute Gasteiger partial charge is 0.618 e. The van der Waals surface area contributed by atoms with E-state index in [0.29, 0.717) is 11.6 Å². The molecule has 0 unspecified atom stereocenters. The number of carbonyl (C=O) groups is 1. The van der Waals surface area contributed by atoms with Crippen LogP contribution in [0.1, 0.15) is 5.56 Å². The zero-order valence-electron chi connectivity index (χ0n) is 11.5. The first-order chi connectivity index (χ1) is 10.1. The van der Waals surface area contributed by atoms with Gasteiger partial charge in [0.1, 0.15) is 5.82 Å². The highest BCUT2D eigenvalue weighted by Gasteiger charge is 2.13. The van der Waals surface area contributed by atoms with Gasteiger partial charge in [-0.05, 0) is 35.5 Å². The maximum absolute atomic E-state index is 12.8. The molecule has 21 heavy (non-hydrogen) atoms. The summed E-state index contributed by atoms with van der Waals surface area (Å²) >= 11 is 1.20. The number of thioether (sulfide) groups is 1. The van der Waals surface area contributed by atoms with Gasteiger partial charge in [0.25, 0.3) is 5.03 Å². The molecule has 2 rings (SSSR count). The molecular weight excluding hydrogens is 291 g/mol. The van der Waals surface area contributed by atoms with Crippen LogP contribution in [0.25, 0.3) is 0 Å². The molecule has 0 N–H and O–H groups in total. The molecule has 0 aliphatic heterocycles. The number of rotatable bonds is 5. The summed E-state index contributed by atoms with van der Waals surface area (Å²) in [4.78, 5) is 13.6. The van der Waals surface area contributed by atoms with E-state index in [2.05, 4.69) is 0 Å². The Kier molecular flexibility index (Phi) is 5.16. The van der Waals surface area contributed by atoms with E-state index in [1.807, 2.05) is 0 Å². The zero-order chi connectivity index (χ0) is 15.2. The molecule has 6 heteroatoms. The van der Waals surface area contributed by atoms with Gasteiger partial charge in [0.15, 0.2) is 6.20 Å². The predicted octanol–water partition coefficient (Wildman–Crippen LogP) is 2.21. The molecule has 0 fully saturated rings. The summed E-state index contributed by atoms with van der Waals surface area (Å²) in [5.74, 6) is -0.204. The number of nitrogens with zero attached hydrogens (tertiary/aromatic N) is 2. The second kappa shape index (κ2) is 7.08.